The minimum Gasteiger partial charge on any atom is -0.462 e. The highest BCUT2D eigenvalue weighted by molar-refractivity contribution is 6.08. The van der Waals surface area contributed by atoms with E-state index in [0.29, 0.717) is 23.1 Å². The van der Waals surface area contributed by atoms with Gasteiger partial charge in [0, 0.05) is 30.9 Å². The van der Waals surface area contributed by atoms with Gasteiger partial charge in [-0.15, -0.1) is 0 Å². The van der Waals surface area contributed by atoms with Crippen molar-refractivity contribution in [1.29, 1.82) is 0 Å². The number of cyclic esters (lactones) is 1. The van der Waals surface area contributed by atoms with Gasteiger partial charge in [0.1, 0.15) is 24.1 Å². The Balaban J connectivity index is 1.48. The minimum absolute atomic E-state index is 0.0118. The molecule has 1 N–H and O–H groups in total. The molecule has 19 heteroatoms. The van der Waals surface area contributed by atoms with E-state index < -0.39 is 125 Å². The first-order valence-corrected chi connectivity index (χ1v) is 24.0. The maximum Gasteiger partial charge on any atom is 0.408 e. The number of aromatic nitrogens is 1. The Morgan fingerprint density at radius 3 is 2.30 bits per heavy atom. The summed E-state index contributed by atoms with van der Waals surface area (Å²) in [7, 11) is 3.56. The van der Waals surface area contributed by atoms with Gasteiger partial charge < -0.3 is 43.4 Å². The van der Waals surface area contributed by atoms with Crippen molar-refractivity contribution in [3.05, 3.63) is 50.7 Å². The first-order chi connectivity index (χ1) is 32.7. The molecule has 1 aliphatic carbocycles. The van der Waals surface area contributed by atoms with E-state index in [1.54, 1.807) is 55.6 Å². The first-order valence-electron chi connectivity index (χ1n) is 24.0. The first kappa shape index (κ1) is 54.1. The Labute approximate surface area is 406 Å². The van der Waals surface area contributed by atoms with Gasteiger partial charge in [0.25, 0.3) is 11.2 Å². The van der Waals surface area contributed by atoms with Crippen LogP contribution in [0.1, 0.15) is 134 Å². The van der Waals surface area contributed by atoms with Gasteiger partial charge in [-0.2, -0.15) is 0 Å². The number of aryl methyl sites for hydroxylation is 1. The van der Waals surface area contributed by atoms with Crippen molar-refractivity contribution in [2.45, 2.75) is 174 Å². The zero-order valence-corrected chi connectivity index (χ0v) is 42.3. The summed E-state index contributed by atoms with van der Waals surface area (Å²) in [5.74, 6) is -3.41. The number of likely N-dealkylation sites (N-methyl/N-ethyl adjacent to an activating group) is 1. The smallest absolute Gasteiger partial charge is 0.408 e. The van der Waals surface area contributed by atoms with Gasteiger partial charge in [0.05, 0.1) is 47.6 Å². The maximum absolute atomic E-state index is 17.2. The second kappa shape index (κ2) is 20.8. The monoisotopic (exact) mass is 983 g/mol. The second-order valence-electron chi connectivity index (χ2n) is 20.1. The maximum atomic E-state index is 17.2. The summed E-state index contributed by atoms with van der Waals surface area (Å²) in [4.78, 5) is 97.1. The number of fused-ring (bicyclic) bond motifs is 2. The summed E-state index contributed by atoms with van der Waals surface area (Å²) in [6.07, 6.45) is -4.03. The summed E-state index contributed by atoms with van der Waals surface area (Å²) < 4.78 is 76.5. The van der Waals surface area contributed by atoms with Gasteiger partial charge in [-0.3, -0.25) is 23.6 Å². The molecule has 3 saturated heterocycles. The van der Waals surface area contributed by atoms with E-state index in [-0.39, 0.29) is 42.3 Å². The zero-order valence-electron chi connectivity index (χ0n) is 42.3. The number of nitrogens with zero attached hydrogens (tertiary/aromatic N) is 2. The lowest BCUT2D eigenvalue weighted by atomic mass is 9.73. The van der Waals surface area contributed by atoms with Crippen molar-refractivity contribution in [1.82, 2.24) is 14.6 Å². The number of esters is 3. The molecule has 0 aromatic carbocycles. The van der Waals surface area contributed by atoms with Crippen molar-refractivity contribution in [3.8, 4) is 11.8 Å². The fourth-order valence-corrected chi connectivity index (χ4v) is 10.6. The van der Waals surface area contributed by atoms with Crippen LogP contribution in [0.3, 0.4) is 0 Å². The molecule has 4 fully saturated rings. The van der Waals surface area contributed by atoms with Crippen LogP contribution in [-0.4, -0.2) is 132 Å². The molecule has 6 rings (SSSR count). The third kappa shape index (κ3) is 10.5. The molecule has 13 atom stereocenters. The minimum atomic E-state index is -3.33. The van der Waals surface area contributed by atoms with Crippen LogP contribution in [0, 0.1) is 42.3 Å². The van der Waals surface area contributed by atoms with E-state index in [2.05, 4.69) is 17.2 Å². The van der Waals surface area contributed by atoms with Crippen LogP contribution in [-0.2, 0) is 52.3 Å². The number of alkyl carbamates (subject to hydrolysis) is 1. The van der Waals surface area contributed by atoms with E-state index in [0.717, 1.165) is 30.4 Å². The lowest BCUT2D eigenvalue weighted by molar-refractivity contribution is -0.299. The highest BCUT2D eigenvalue weighted by Crippen LogP contribution is 2.44. The Morgan fingerprint density at radius 1 is 1.03 bits per heavy atom. The van der Waals surface area contributed by atoms with Gasteiger partial charge >= 0.3 is 24.0 Å². The normalized spacial score (nSPS) is 34.1. The Morgan fingerprint density at radius 2 is 1.70 bits per heavy atom. The van der Waals surface area contributed by atoms with E-state index >= 15 is 8.78 Å². The molecule has 0 radical (unpaired) electrons. The van der Waals surface area contributed by atoms with Gasteiger partial charge in [-0.1, -0.05) is 39.5 Å². The zero-order chi connectivity index (χ0) is 51.9. The fourth-order valence-electron chi connectivity index (χ4n) is 10.6. The largest absolute Gasteiger partial charge is 0.462 e. The molecule has 1 saturated carbocycles. The van der Waals surface area contributed by atoms with Crippen molar-refractivity contribution in [3.63, 3.8) is 0 Å². The molecule has 3 aliphatic heterocycles. The van der Waals surface area contributed by atoms with Gasteiger partial charge in [-0.25, -0.2) is 23.2 Å². The third-order valence-corrected chi connectivity index (χ3v) is 14.4. The Hall–Kier alpha value is -5.29. The molecule has 70 heavy (non-hydrogen) atoms. The summed E-state index contributed by atoms with van der Waals surface area (Å²) in [5.41, 5.74) is -6.47. The summed E-state index contributed by atoms with van der Waals surface area (Å²) >= 11 is 0. The van der Waals surface area contributed by atoms with Crippen molar-refractivity contribution in [2.75, 3.05) is 27.3 Å². The number of carbonyl (C=O) groups is 6. The number of halogens is 2. The molecular weight excluding hydrogens is 917 g/mol. The van der Waals surface area contributed by atoms with E-state index in [4.69, 9.17) is 33.2 Å². The Kier molecular flexibility index (Phi) is 16.1. The summed E-state index contributed by atoms with van der Waals surface area (Å²) in [5, 5.41) is 2.68. The van der Waals surface area contributed by atoms with E-state index in [1.165, 1.54) is 33.8 Å². The second-order valence-corrected chi connectivity index (χ2v) is 20.1. The highest BCUT2D eigenvalue weighted by Gasteiger charge is 2.60. The molecule has 4 aliphatic rings. The number of carbonyl (C=O) groups excluding carboxylic acids is 6. The number of hydrogen-bond acceptors (Lipinski definition) is 15. The average Bonchev–Trinajstić information content (AvgIpc) is 4.08. The van der Waals surface area contributed by atoms with Crippen molar-refractivity contribution >= 4 is 41.1 Å². The van der Waals surface area contributed by atoms with Crippen LogP contribution in [0.2, 0.25) is 0 Å². The molecule has 5 heterocycles. The highest BCUT2D eigenvalue weighted by atomic mass is 19.1. The molecular formula is C51H67F2N3O14. The van der Waals surface area contributed by atoms with Crippen LogP contribution < -0.4 is 10.9 Å². The van der Waals surface area contributed by atoms with Crippen LogP contribution >= 0.6 is 0 Å². The molecule has 0 bridgehead atoms. The van der Waals surface area contributed by atoms with Crippen molar-refractivity contribution in [2.24, 2.45) is 17.8 Å². The molecule has 1 amide bonds. The molecule has 2 aromatic heterocycles. The van der Waals surface area contributed by atoms with Crippen LogP contribution in [0.25, 0.3) is 5.52 Å². The molecule has 2 aromatic rings. The standard InChI is InChI=1S/C51H67F2N3O14/c1-14-37-51(11)41(54-48(63)70-51)28(6)39(58)25(3)23-49(9,43(29(7)42(59)50(10,53)47(62)68-37)69-46-40(67-30(8)57)36(55(12)13)21-26(4)66-46)65-20-16-17-32-27(5)38-33(31-18-19-31)22-34(45(61)64-15-2)44(60)56(38)24-35(32)52/h22,24-26,28-29,31,36-37,40-41,43,46H,14-15,18-21,23H2,1-13H3,(H,54,63)/t25-,26-,28+,29+,36+,37?,40-,41-,43-,46+,49-,50+,51-/m1/s1. The SMILES string of the molecule is CCOC(=O)c1cc(C2CC2)c2c(C)c(C#CCO[C@]3(C)C[C@@H](C)C(=O)[C@H](C)[C@H]4NC(=O)O[C@]4(C)C(CC)OC(=O)[C@@](C)(F)C(=O)[C@H](C)[C@H]3O[C@@H]3O[C@H](C)C[C@H](N(C)C)[C@H]3OC(C)=O)c(F)cn2c1=O. The Bertz CT molecular complexity index is 2530. The summed E-state index contributed by atoms with van der Waals surface area (Å²) in [6, 6.07) is -0.0419. The molecule has 0 spiro atoms. The topological polar surface area (TPSA) is 204 Å². The number of nitrogens with one attached hydrogen (secondary N) is 1. The lowest BCUT2D eigenvalue weighted by Gasteiger charge is -2.48. The average molecular weight is 984 g/mol. The number of hydrogen-bond donors (Lipinski definition) is 1. The van der Waals surface area contributed by atoms with Crippen LogP contribution in [0.4, 0.5) is 13.6 Å². The predicted molar refractivity (Wildman–Crippen MR) is 248 cm³/mol. The fraction of sp³-hybridized carbons (Fsp3) is 0.667. The van der Waals surface area contributed by atoms with Gasteiger partial charge in [0.2, 0.25) is 0 Å². The van der Waals surface area contributed by atoms with Gasteiger partial charge in [-0.05, 0) is 111 Å². The molecule has 1 unspecified atom stereocenters. The number of rotatable bonds is 10. The van der Waals surface area contributed by atoms with Gasteiger partial charge in [0.15, 0.2) is 29.6 Å². The number of Topliss-reactive ketones (excluding diaryl/α,β-unsaturated/α-hetero) is 2. The number of pyridine rings is 2. The van der Waals surface area contributed by atoms with Crippen molar-refractivity contribution < 1.29 is 70.7 Å². The summed E-state index contributed by atoms with van der Waals surface area (Å²) in [6.45, 7) is 15.7. The van der Waals surface area contributed by atoms with Crippen LogP contribution in [0.5, 0.6) is 0 Å². The van der Waals surface area contributed by atoms with Crippen LogP contribution in [0.15, 0.2) is 17.1 Å². The molecule has 17 nitrogen and oxygen atoms in total. The number of alkyl halides is 1. The number of amides is 1. The third-order valence-electron chi connectivity index (χ3n) is 14.4. The number of ether oxygens (including phenoxy) is 7. The molecule has 384 valence electrons. The lowest BCUT2D eigenvalue weighted by Crippen LogP contribution is -2.62. The van der Waals surface area contributed by atoms with E-state index in [9.17, 15) is 33.6 Å². The quantitative estimate of drug-likeness (QED) is 0.132. The number of ketones is 2. The predicted octanol–water partition coefficient (Wildman–Crippen LogP) is 5.68. The van der Waals surface area contributed by atoms with E-state index in [1.807, 2.05) is 4.90 Å².